The SMILES string of the molecule is C[C@@H](Sc1nnc2n1CCCCC2)C(=O)Nc1ccc2c(c1)OCO2. The lowest BCUT2D eigenvalue weighted by molar-refractivity contribution is -0.115. The topological polar surface area (TPSA) is 78.3 Å². The van der Waals surface area contributed by atoms with Crippen molar-refractivity contribution in [2.45, 2.75) is 49.6 Å². The molecule has 2 aliphatic heterocycles. The number of carbonyl (C=O) groups is 1. The van der Waals surface area contributed by atoms with E-state index in [0.29, 0.717) is 17.2 Å². The lowest BCUT2D eigenvalue weighted by Gasteiger charge is -2.13. The Hall–Kier alpha value is -2.22. The summed E-state index contributed by atoms with van der Waals surface area (Å²) < 4.78 is 12.8. The predicted octanol–water partition coefficient (Wildman–Crippen LogP) is 2.85. The van der Waals surface area contributed by atoms with E-state index in [1.165, 1.54) is 18.2 Å². The van der Waals surface area contributed by atoms with Crippen LogP contribution in [-0.4, -0.2) is 32.7 Å². The molecule has 1 atom stereocenters. The van der Waals surface area contributed by atoms with E-state index < -0.39 is 0 Å². The van der Waals surface area contributed by atoms with Crippen LogP contribution in [0.1, 0.15) is 32.0 Å². The highest BCUT2D eigenvalue weighted by atomic mass is 32.2. The third-order valence-electron chi connectivity index (χ3n) is 4.37. The fourth-order valence-electron chi connectivity index (χ4n) is 2.98. The molecular formula is C17H20N4O3S. The highest BCUT2D eigenvalue weighted by Gasteiger charge is 2.22. The van der Waals surface area contributed by atoms with Gasteiger partial charge in [-0.1, -0.05) is 18.2 Å². The molecule has 2 aromatic rings. The number of aryl methyl sites for hydroxylation is 1. The molecule has 25 heavy (non-hydrogen) atoms. The van der Waals surface area contributed by atoms with Gasteiger partial charge in [0.1, 0.15) is 5.82 Å². The zero-order valence-corrected chi connectivity index (χ0v) is 14.8. The van der Waals surface area contributed by atoms with Crippen LogP contribution in [0, 0.1) is 0 Å². The molecule has 4 rings (SSSR count). The molecule has 0 fully saturated rings. The molecule has 0 bridgehead atoms. The van der Waals surface area contributed by atoms with Crippen LogP contribution in [0.5, 0.6) is 11.5 Å². The van der Waals surface area contributed by atoms with E-state index in [1.807, 2.05) is 13.0 Å². The van der Waals surface area contributed by atoms with Crippen molar-refractivity contribution in [2.75, 3.05) is 12.1 Å². The summed E-state index contributed by atoms with van der Waals surface area (Å²) in [5.41, 5.74) is 0.696. The third kappa shape index (κ3) is 3.44. The number of rotatable bonds is 4. The zero-order valence-electron chi connectivity index (χ0n) is 14.0. The van der Waals surface area contributed by atoms with Crippen LogP contribution in [-0.2, 0) is 17.8 Å². The summed E-state index contributed by atoms with van der Waals surface area (Å²) >= 11 is 1.45. The number of thioether (sulfide) groups is 1. The van der Waals surface area contributed by atoms with Crippen molar-refractivity contribution in [3.63, 3.8) is 0 Å². The Balaban J connectivity index is 1.42. The minimum atomic E-state index is -0.276. The van der Waals surface area contributed by atoms with Crippen LogP contribution >= 0.6 is 11.8 Å². The number of anilines is 1. The fraction of sp³-hybridized carbons (Fsp3) is 0.471. The van der Waals surface area contributed by atoms with Gasteiger partial charge in [-0.2, -0.15) is 0 Å². The second-order valence-electron chi connectivity index (χ2n) is 6.18. The van der Waals surface area contributed by atoms with E-state index in [1.54, 1.807) is 12.1 Å². The number of benzene rings is 1. The summed E-state index contributed by atoms with van der Waals surface area (Å²) in [6.07, 6.45) is 4.47. The van der Waals surface area contributed by atoms with E-state index in [0.717, 1.165) is 36.8 Å². The quantitative estimate of drug-likeness (QED) is 0.845. The van der Waals surface area contributed by atoms with Gasteiger partial charge in [-0.25, -0.2) is 0 Å². The molecule has 0 radical (unpaired) electrons. The van der Waals surface area contributed by atoms with Crippen molar-refractivity contribution in [1.29, 1.82) is 0 Å². The van der Waals surface area contributed by atoms with Crippen LogP contribution in [0.3, 0.4) is 0 Å². The molecule has 0 aliphatic carbocycles. The summed E-state index contributed by atoms with van der Waals surface area (Å²) in [4.78, 5) is 12.5. The molecule has 0 saturated carbocycles. The third-order valence-corrected chi connectivity index (χ3v) is 5.45. The largest absolute Gasteiger partial charge is 0.454 e. The van der Waals surface area contributed by atoms with E-state index in [9.17, 15) is 4.79 Å². The predicted molar refractivity (Wildman–Crippen MR) is 94.1 cm³/mol. The van der Waals surface area contributed by atoms with Crippen molar-refractivity contribution in [3.05, 3.63) is 24.0 Å². The molecule has 3 heterocycles. The molecular weight excluding hydrogens is 340 g/mol. The molecule has 1 aromatic heterocycles. The minimum absolute atomic E-state index is 0.0742. The van der Waals surface area contributed by atoms with Gasteiger partial charge in [-0.15, -0.1) is 10.2 Å². The smallest absolute Gasteiger partial charge is 0.237 e. The second kappa shape index (κ2) is 6.95. The first kappa shape index (κ1) is 16.3. The normalized spacial score (nSPS) is 16.8. The number of fused-ring (bicyclic) bond motifs is 2. The molecule has 132 valence electrons. The second-order valence-corrected chi connectivity index (χ2v) is 7.49. The summed E-state index contributed by atoms with van der Waals surface area (Å²) in [7, 11) is 0. The first-order chi connectivity index (χ1) is 12.2. The minimum Gasteiger partial charge on any atom is -0.454 e. The van der Waals surface area contributed by atoms with Gasteiger partial charge in [0, 0.05) is 24.7 Å². The Kier molecular flexibility index (Phi) is 4.52. The molecule has 7 nitrogen and oxygen atoms in total. The fourth-order valence-corrected chi connectivity index (χ4v) is 3.87. The number of nitrogens with one attached hydrogen (secondary N) is 1. The molecule has 0 saturated heterocycles. The maximum atomic E-state index is 12.5. The van der Waals surface area contributed by atoms with E-state index >= 15 is 0 Å². The molecule has 2 aliphatic rings. The number of ether oxygens (including phenoxy) is 2. The van der Waals surface area contributed by atoms with Gasteiger partial charge < -0.3 is 19.4 Å². The van der Waals surface area contributed by atoms with Crippen LogP contribution in [0.2, 0.25) is 0 Å². The van der Waals surface area contributed by atoms with Crippen molar-refractivity contribution in [3.8, 4) is 11.5 Å². The highest BCUT2D eigenvalue weighted by molar-refractivity contribution is 8.00. The molecule has 1 amide bonds. The Bertz CT molecular complexity index is 792. The number of nitrogens with zero attached hydrogens (tertiary/aromatic N) is 3. The van der Waals surface area contributed by atoms with Gasteiger partial charge >= 0.3 is 0 Å². The van der Waals surface area contributed by atoms with Crippen molar-refractivity contribution in [1.82, 2.24) is 14.8 Å². The van der Waals surface area contributed by atoms with E-state index in [-0.39, 0.29) is 18.0 Å². The summed E-state index contributed by atoms with van der Waals surface area (Å²) in [6, 6.07) is 5.39. The van der Waals surface area contributed by atoms with Gasteiger partial charge in [0.25, 0.3) is 0 Å². The number of hydrogen-bond acceptors (Lipinski definition) is 6. The Morgan fingerprint density at radius 3 is 3.04 bits per heavy atom. The monoisotopic (exact) mass is 360 g/mol. The van der Waals surface area contributed by atoms with Crippen LogP contribution in [0.4, 0.5) is 5.69 Å². The first-order valence-electron chi connectivity index (χ1n) is 8.50. The molecule has 8 heteroatoms. The standard InChI is InChI=1S/C17H20N4O3S/c1-11(25-17-20-19-15-5-3-2-4-8-21(15)17)16(22)18-12-6-7-13-14(9-12)24-10-23-13/h6-7,9,11H,2-5,8,10H2,1H3,(H,18,22)/t11-/m1/s1. The van der Waals surface area contributed by atoms with Gasteiger partial charge in [-0.05, 0) is 31.9 Å². The Morgan fingerprint density at radius 2 is 2.12 bits per heavy atom. The maximum absolute atomic E-state index is 12.5. The summed E-state index contributed by atoms with van der Waals surface area (Å²) in [5.74, 6) is 2.31. The Morgan fingerprint density at radius 1 is 1.24 bits per heavy atom. The number of amides is 1. The van der Waals surface area contributed by atoms with E-state index in [2.05, 4.69) is 20.1 Å². The zero-order chi connectivity index (χ0) is 17.2. The van der Waals surface area contributed by atoms with Crippen LogP contribution in [0.25, 0.3) is 0 Å². The highest BCUT2D eigenvalue weighted by Crippen LogP contribution is 2.34. The first-order valence-corrected chi connectivity index (χ1v) is 9.38. The average Bonchev–Trinajstić information content (AvgIpc) is 3.15. The Labute approximate surface area is 150 Å². The van der Waals surface area contributed by atoms with Crippen LogP contribution < -0.4 is 14.8 Å². The maximum Gasteiger partial charge on any atom is 0.237 e. The van der Waals surface area contributed by atoms with Crippen molar-refractivity contribution < 1.29 is 14.3 Å². The van der Waals surface area contributed by atoms with Crippen LogP contribution in [0.15, 0.2) is 23.4 Å². The summed E-state index contributed by atoms with van der Waals surface area (Å²) in [5, 5.41) is 12.0. The van der Waals surface area contributed by atoms with Gasteiger partial charge in [-0.3, -0.25) is 4.79 Å². The van der Waals surface area contributed by atoms with E-state index in [4.69, 9.17) is 9.47 Å². The van der Waals surface area contributed by atoms with Gasteiger partial charge in [0.15, 0.2) is 16.7 Å². The molecule has 0 unspecified atom stereocenters. The molecule has 1 aromatic carbocycles. The molecule has 1 N–H and O–H groups in total. The average molecular weight is 360 g/mol. The van der Waals surface area contributed by atoms with Gasteiger partial charge in [0.2, 0.25) is 12.7 Å². The number of hydrogen-bond donors (Lipinski definition) is 1. The van der Waals surface area contributed by atoms with Gasteiger partial charge in [0.05, 0.1) is 5.25 Å². The van der Waals surface area contributed by atoms with Crippen molar-refractivity contribution in [2.24, 2.45) is 0 Å². The number of aromatic nitrogens is 3. The number of carbonyl (C=O) groups excluding carboxylic acids is 1. The lowest BCUT2D eigenvalue weighted by Crippen LogP contribution is -2.23. The molecule has 0 spiro atoms. The lowest BCUT2D eigenvalue weighted by atomic mass is 10.2. The van der Waals surface area contributed by atoms with Crippen molar-refractivity contribution >= 4 is 23.4 Å². The summed E-state index contributed by atoms with van der Waals surface area (Å²) in [6.45, 7) is 3.03.